The van der Waals surface area contributed by atoms with Crippen LogP contribution in [0.2, 0.25) is 0 Å². The molecule has 9 heteroatoms. The number of hydrogen-bond acceptors (Lipinski definition) is 5. The Hall–Kier alpha value is -3.72. The van der Waals surface area contributed by atoms with E-state index in [-0.39, 0.29) is 4.90 Å². The zero-order valence-electron chi connectivity index (χ0n) is 18.4. The number of para-hydroxylation sites is 1. The lowest BCUT2D eigenvalue weighted by Crippen LogP contribution is -2.35. The van der Waals surface area contributed by atoms with Crippen molar-refractivity contribution >= 4 is 33.1 Å². The van der Waals surface area contributed by atoms with Crippen LogP contribution in [0, 0.1) is 0 Å². The summed E-state index contributed by atoms with van der Waals surface area (Å²) in [7, 11) is -0.701. The number of aryl methyl sites for hydroxylation is 1. The standard InChI is InChI=1S/C24H25N3O5S/c1-31-22-12-6-11-20(23(22)32-2)26-24(28)25-18-14-13-17-8-7-15-27(21(17)16-18)33(29,30)19-9-4-3-5-10-19/h3-6,9-14,16H,7-8,15H2,1-2H3,(H2,25,26,28). The van der Waals surface area contributed by atoms with Gasteiger partial charge in [0, 0.05) is 12.2 Å². The molecular weight excluding hydrogens is 442 g/mol. The average molecular weight is 468 g/mol. The van der Waals surface area contributed by atoms with Crippen LogP contribution in [0.3, 0.4) is 0 Å². The van der Waals surface area contributed by atoms with Gasteiger partial charge in [-0.3, -0.25) is 4.31 Å². The van der Waals surface area contributed by atoms with Gasteiger partial charge in [0.2, 0.25) is 0 Å². The lowest BCUT2D eigenvalue weighted by Gasteiger charge is -2.31. The Kier molecular flexibility index (Phi) is 6.41. The van der Waals surface area contributed by atoms with E-state index in [1.54, 1.807) is 60.7 Å². The van der Waals surface area contributed by atoms with Crippen LogP contribution in [0.5, 0.6) is 11.5 Å². The quantitative estimate of drug-likeness (QED) is 0.557. The van der Waals surface area contributed by atoms with Gasteiger partial charge < -0.3 is 20.1 Å². The Bertz CT molecular complexity index is 1260. The van der Waals surface area contributed by atoms with Crippen molar-refractivity contribution in [2.24, 2.45) is 0 Å². The summed E-state index contributed by atoms with van der Waals surface area (Å²) >= 11 is 0. The Labute approximate surface area is 193 Å². The van der Waals surface area contributed by atoms with Gasteiger partial charge in [-0.25, -0.2) is 13.2 Å². The highest BCUT2D eigenvalue weighted by Gasteiger charge is 2.29. The van der Waals surface area contributed by atoms with Crippen molar-refractivity contribution in [3.63, 3.8) is 0 Å². The molecule has 33 heavy (non-hydrogen) atoms. The maximum atomic E-state index is 13.3. The molecule has 2 N–H and O–H groups in total. The molecule has 0 fully saturated rings. The summed E-state index contributed by atoms with van der Waals surface area (Å²) in [6.45, 7) is 0.376. The highest BCUT2D eigenvalue weighted by molar-refractivity contribution is 7.92. The van der Waals surface area contributed by atoms with Gasteiger partial charge in [0.05, 0.1) is 30.5 Å². The summed E-state index contributed by atoms with van der Waals surface area (Å²) < 4.78 is 38.5. The average Bonchev–Trinajstić information content (AvgIpc) is 2.83. The minimum Gasteiger partial charge on any atom is -0.493 e. The SMILES string of the molecule is COc1cccc(NC(=O)Nc2ccc3c(c2)N(S(=O)(=O)c2ccccc2)CCC3)c1OC. The third-order valence-electron chi connectivity index (χ3n) is 5.40. The van der Waals surface area contributed by atoms with Crippen molar-refractivity contribution in [3.05, 3.63) is 72.3 Å². The minimum absolute atomic E-state index is 0.235. The van der Waals surface area contributed by atoms with E-state index in [9.17, 15) is 13.2 Å². The molecule has 172 valence electrons. The lowest BCUT2D eigenvalue weighted by atomic mass is 10.0. The number of sulfonamides is 1. The van der Waals surface area contributed by atoms with Crippen LogP contribution >= 0.6 is 0 Å². The predicted octanol–water partition coefficient (Wildman–Crippen LogP) is 4.49. The van der Waals surface area contributed by atoms with Gasteiger partial charge >= 0.3 is 6.03 Å². The molecule has 0 radical (unpaired) electrons. The summed E-state index contributed by atoms with van der Waals surface area (Å²) in [5, 5.41) is 5.52. The number of nitrogens with zero attached hydrogens (tertiary/aromatic N) is 1. The van der Waals surface area contributed by atoms with E-state index in [0.29, 0.717) is 35.1 Å². The topological polar surface area (TPSA) is 97.0 Å². The third-order valence-corrected chi connectivity index (χ3v) is 7.23. The molecule has 1 heterocycles. The third kappa shape index (κ3) is 4.58. The number of amides is 2. The van der Waals surface area contributed by atoms with E-state index < -0.39 is 16.1 Å². The van der Waals surface area contributed by atoms with E-state index >= 15 is 0 Å². The van der Waals surface area contributed by atoms with Crippen LogP contribution in [-0.2, 0) is 16.4 Å². The molecule has 3 aromatic carbocycles. The smallest absolute Gasteiger partial charge is 0.323 e. The van der Waals surface area contributed by atoms with Gasteiger partial charge in [-0.1, -0.05) is 30.3 Å². The van der Waals surface area contributed by atoms with Crippen LogP contribution in [-0.4, -0.2) is 35.2 Å². The zero-order chi connectivity index (χ0) is 23.4. The molecule has 0 spiro atoms. The van der Waals surface area contributed by atoms with Crippen LogP contribution in [0.4, 0.5) is 21.9 Å². The molecule has 1 aliphatic rings. The van der Waals surface area contributed by atoms with E-state index in [2.05, 4.69) is 10.6 Å². The number of fused-ring (bicyclic) bond motifs is 1. The molecule has 0 saturated heterocycles. The summed E-state index contributed by atoms with van der Waals surface area (Å²) in [6.07, 6.45) is 1.49. The number of urea groups is 1. The highest BCUT2D eigenvalue weighted by Crippen LogP contribution is 2.36. The fourth-order valence-corrected chi connectivity index (χ4v) is 5.41. The molecule has 0 bridgehead atoms. The predicted molar refractivity (Wildman–Crippen MR) is 128 cm³/mol. The number of benzene rings is 3. The van der Waals surface area contributed by atoms with Crippen LogP contribution in [0.25, 0.3) is 0 Å². The van der Waals surface area contributed by atoms with Gasteiger partial charge in [0.25, 0.3) is 10.0 Å². The fraction of sp³-hybridized carbons (Fsp3) is 0.208. The zero-order valence-corrected chi connectivity index (χ0v) is 19.2. The first-order valence-electron chi connectivity index (χ1n) is 10.4. The van der Waals surface area contributed by atoms with Gasteiger partial charge in [0.15, 0.2) is 11.5 Å². The van der Waals surface area contributed by atoms with Gasteiger partial charge in [-0.05, 0) is 54.8 Å². The number of carbonyl (C=O) groups excluding carboxylic acids is 1. The van der Waals surface area contributed by atoms with E-state index in [0.717, 1.165) is 18.4 Å². The van der Waals surface area contributed by atoms with Gasteiger partial charge in [-0.2, -0.15) is 0 Å². The Morgan fingerprint density at radius 1 is 0.939 bits per heavy atom. The van der Waals surface area contributed by atoms with E-state index in [1.165, 1.54) is 18.5 Å². The molecule has 0 atom stereocenters. The molecule has 2 amide bonds. The first-order valence-corrected chi connectivity index (χ1v) is 11.9. The molecule has 0 aliphatic carbocycles. The monoisotopic (exact) mass is 467 g/mol. The van der Waals surface area contributed by atoms with Crippen LogP contribution in [0.1, 0.15) is 12.0 Å². The first kappa shape index (κ1) is 22.5. The first-order chi connectivity index (χ1) is 15.9. The summed E-state index contributed by atoms with van der Waals surface area (Å²) in [5.74, 6) is 0.895. The number of ether oxygens (including phenoxy) is 2. The Morgan fingerprint density at radius 2 is 1.73 bits per heavy atom. The number of hydrogen-bond donors (Lipinski definition) is 2. The van der Waals surface area contributed by atoms with Gasteiger partial charge in [-0.15, -0.1) is 0 Å². The van der Waals surface area contributed by atoms with Crippen molar-refractivity contribution in [3.8, 4) is 11.5 Å². The molecule has 4 rings (SSSR count). The Morgan fingerprint density at radius 3 is 2.45 bits per heavy atom. The lowest BCUT2D eigenvalue weighted by molar-refractivity contribution is 0.262. The fourth-order valence-electron chi connectivity index (χ4n) is 3.86. The van der Waals surface area contributed by atoms with Crippen molar-refractivity contribution < 1.29 is 22.7 Å². The second-order valence-electron chi connectivity index (χ2n) is 7.46. The van der Waals surface area contributed by atoms with Crippen molar-refractivity contribution in [1.29, 1.82) is 0 Å². The number of carbonyl (C=O) groups is 1. The molecule has 1 aliphatic heterocycles. The number of methoxy groups -OCH3 is 2. The van der Waals surface area contributed by atoms with E-state index in [4.69, 9.17) is 9.47 Å². The maximum Gasteiger partial charge on any atom is 0.323 e. The summed E-state index contributed by atoms with van der Waals surface area (Å²) in [6, 6.07) is 18.3. The Balaban J connectivity index is 1.58. The van der Waals surface area contributed by atoms with Crippen molar-refractivity contribution in [1.82, 2.24) is 0 Å². The maximum absolute atomic E-state index is 13.3. The van der Waals surface area contributed by atoms with Crippen LogP contribution in [0.15, 0.2) is 71.6 Å². The largest absolute Gasteiger partial charge is 0.493 e. The molecule has 0 aromatic heterocycles. The minimum atomic E-state index is -3.71. The second kappa shape index (κ2) is 9.41. The summed E-state index contributed by atoms with van der Waals surface area (Å²) in [4.78, 5) is 12.9. The second-order valence-corrected chi connectivity index (χ2v) is 9.32. The summed E-state index contributed by atoms with van der Waals surface area (Å²) in [5.41, 5.74) is 2.41. The molecule has 8 nitrogen and oxygen atoms in total. The molecule has 3 aromatic rings. The van der Waals surface area contributed by atoms with Crippen LogP contribution < -0.4 is 24.4 Å². The van der Waals surface area contributed by atoms with Crippen molar-refractivity contribution in [2.45, 2.75) is 17.7 Å². The van der Waals surface area contributed by atoms with E-state index in [1.807, 2.05) is 6.07 Å². The normalized spacial score (nSPS) is 13.1. The number of nitrogens with one attached hydrogen (secondary N) is 2. The molecule has 0 saturated carbocycles. The number of rotatable bonds is 6. The highest BCUT2D eigenvalue weighted by atomic mass is 32.2. The van der Waals surface area contributed by atoms with Crippen molar-refractivity contribution in [2.75, 3.05) is 35.7 Å². The molecule has 0 unspecified atom stereocenters. The molecular formula is C24H25N3O5S. The van der Waals surface area contributed by atoms with Gasteiger partial charge in [0.1, 0.15) is 0 Å². The number of anilines is 3.